The third kappa shape index (κ3) is 2.06. The molecule has 2 aliphatic heterocycles. The zero-order valence-electron chi connectivity index (χ0n) is 10.0. The van der Waals surface area contributed by atoms with Crippen LogP contribution >= 0.6 is 11.6 Å². The minimum atomic E-state index is 0.0468. The van der Waals surface area contributed by atoms with Gasteiger partial charge in [0.05, 0.1) is 22.9 Å². The van der Waals surface area contributed by atoms with Gasteiger partial charge in [-0.3, -0.25) is 5.41 Å². The summed E-state index contributed by atoms with van der Waals surface area (Å²) in [6.07, 6.45) is 2.97. The van der Waals surface area contributed by atoms with Crippen LogP contribution in [0, 0.1) is 5.41 Å². The van der Waals surface area contributed by atoms with Crippen LogP contribution in [0.1, 0.15) is 18.4 Å². The highest BCUT2D eigenvalue weighted by Gasteiger charge is 2.34. The summed E-state index contributed by atoms with van der Waals surface area (Å²) < 4.78 is 5.81. The average Bonchev–Trinajstić information content (AvgIpc) is 2.68. The Bertz CT molecular complexity index is 479. The number of benzene rings is 1. The molecule has 0 aliphatic carbocycles. The van der Waals surface area contributed by atoms with E-state index in [1.807, 2.05) is 12.1 Å². The van der Waals surface area contributed by atoms with Crippen molar-refractivity contribution < 1.29 is 4.74 Å². The molecule has 0 amide bonds. The topological polar surface area (TPSA) is 62.3 Å². The lowest BCUT2D eigenvalue weighted by Crippen LogP contribution is -2.42. The second kappa shape index (κ2) is 4.44. The Labute approximate surface area is 111 Å². The number of nitrogens with one attached hydrogen (secondary N) is 1. The van der Waals surface area contributed by atoms with E-state index in [9.17, 15) is 0 Å². The number of ether oxygens (including phenoxy) is 1. The molecule has 2 bridgehead atoms. The summed E-state index contributed by atoms with van der Waals surface area (Å²) in [6.45, 7) is 1.80. The number of nitrogen functional groups attached to an aromatic ring is 1. The van der Waals surface area contributed by atoms with Crippen molar-refractivity contribution in [2.45, 2.75) is 25.0 Å². The smallest absolute Gasteiger partial charge is 0.122 e. The first-order chi connectivity index (χ1) is 8.63. The quantitative estimate of drug-likeness (QED) is 0.635. The van der Waals surface area contributed by atoms with Crippen LogP contribution in [-0.2, 0) is 4.74 Å². The number of nitrogens with two attached hydrogens (primary N) is 1. The maximum Gasteiger partial charge on any atom is 0.122 e. The number of fused-ring (bicyclic) bond motifs is 2. The van der Waals surface area contributed by atoms with E-state index in [2.05, 4.69) is 4.90 Å². The van der Waals surface area contributed by atoms with Crippen LogP contribution in [0.3, 0.4) is 0 Å². The number of morpholine rings is 1. The van der Waals surface area contributed by atoms with Crippen molar-refractivity contribution >= 4 is 23.1 Å². The summed E-state index contributed by atoms with van der Waals surface area (Å²) in [6, 6.07) is 5.56. The monoisotopic (exact) mass is 265 g/mol. The van der Waals surface area contributed by atoms with Crippen LogP contribution in [0.4, 0.5) is 5.69 Å². The lowest BCUT2D eigenvalue weighted by atomic mass is 10.1. The minimum absolute atomic E-state index is 0.0468. The van der Waals surface area contributed by atoms with E-state index in [1.54, 1.807) is 6.07 Å². The maximum absolute atomic E-state index is 7.41. The molecule has 96 valence electrons. The van der Waals surface area contributed by atoms with Crippen molar-refractivity contribution in [2.75, 3.05) is 18.0 Å². The van der Waals surface area contributed by atoms with E-state index >= 15 is 0 Å². The van der Waals surface area contributed by atoms with E-state index in [0.29, 0.717) is 22.8 Å². The number of hydrogen-bond acceptors (Lipinski definition) is 3. The molecular weight excluding hydrogens is 250 g/mol. The molecule has 3 N–H and O–H groups in total. The summed E-state index contributed by atoms with van der Waals surface area (Å²) in [4.78, 5) is 2.28. The van der Waals surface area contributed by atoms with Gasteiger partial charge in [0.15, 0.2) is 0 Å². The van der Waals surface area contributed by atoms with Crippen molar-refractivity contribution in [3.05, 3.63) is 28.8 Å². The molecule has 2 atom stereocenters. The number of halogens is 1. The highest BCUT2D eigenvalue weighted by molar-refractivity contribution is 6.33. The molecule has 2 saturated heterocycles. The first kappa shape index (κ1) is 11.8. The van der Waals surface area contributed by atoms with Crippen molar-refractivity contribution in [3.63, 3.8) is 0 Å². The Morgan fingerprint density at radius 3 is 2.56 bits per heavy atom. The number of nitrogens with zero attached hydrogens (tertiary/aromatic N) is 1. The van der Waals surface area contributed by atoms with Gasteiger partial charge in [-0.15, -0.1) is 0 Å². The molecule has 2 fully saturated rings. The molecule has 18 heavy (non-hydrogen) atoms. The van der Waals surface area contributed by atoms with Crippen molar-refractivity contribution in [1.29, 1.82) is 5.41 Å². The fourth-order valence-corrected chi connectivity index (χ4v) is 3.04. The highest BCUT2D eigenvalue weighted by Crippen LogP contribution is 2.33. The fraction of sp³-hybridized carbons (Fsp3) is 0.462. The Morgan fingerprint density at radius 1 is 1.33 bits per heavy atom. The molecule has 2 aliphatic rings. The van der Waals surface area contributed by atoms with Crippen molar-refractivity contribution in [2.24, 2.45) is 5.73 Å². The Balaban J connectivity index is 1.86. The van der Waals surface area contributed by atoms with Gasteiger partial charge in [0.1, 0.15) is 5.84 Å². The lowest BCUT2D eigenvalue weighted by molar-refractivity contribution is 0.0305. The summed E-state index contributed by atoms with van der Waals surface area (Å²) in [5.41, 5.74) is 7.14. The van der Waals surface area contributed by atoms with Crippen molar-refractivity contribution in [1.82, 2.24) is 0 Å². The van der Waals surface area contributed by atoms with E-state index < -0.39 is 0 Å². The SMILES string of the molecule is N=C(N)c1ccc(N2CC3CCC(C2)O3)c(Cl)c1. The van der Waals surface area contributed by atoms with Crippen molar-refractivity contribution in [3.8, 4) is 0 Å². The average molecular weight is 266 g/mol. The lowest BCUT2D eigenvalue weighted by Gasteiger charge is -2.34. The number of amidine groups is 1. The predicted molar refractivity (Wildman–Crippen MR) is 72.6 cm³/mol. The zero-order valence-corrected chi connectivity index (χ0v) is 10.8. The van der Waals surface area contributed by atoms with E-state index in [0.717, 1.165) is 31.6 Å². The van der Waals surface area contributed by atoms with Crippen LogP contribution in [-0.4, -0.2) is 31.1 Å². The molecule has 0 radical (unpaired) electrons. The van der Waals surface area contributed by atoms with E-state index in [4.69, 9.17) is 27.5 Å². The second-order valence-corrected chi connectivity index (χ2v) is 5.35. The van der Waals surface area contributed by atoms with Gasteiger partial charge >= 0.3 is 0 Å². The number of rotatable bonds is 2. The van der Waals surface area contributed by atoms with Crippen LogP contribution in [0.2, 0.25) is 5.02 Å². The van der Waals surface area contributed by atoms with Gasteiger partial charge < -0.3 is 15.4 Å². The Kier molecular flexibility index (Phi) is 2.92. The first-order valence-electron chi connectivity index (χ1n) is 6.18. The van der Waals surface area contributed by atoms with Gasteiger partial charge in [0, 0.05) is 18.7 Å². The number of anilines is 1. The molecule has 2 heterocycles. The van der Waals surface area contributed by atoms with E-state index in [1.165, 1.54) is 0 Å². The molecular formula is C13H16ClN3O. The minimum Gasteiger partial charge on any atom is -0.384 e. The second-order valence-electron chi connectivity index (χ2n) is 4.94. The first-order valence-corrected chi connectivity index (χ1v) is 6.55. The van der Waals surface area contributed by atoms with Crippen LogP contribution < -0.4 is 10.6 Å². The molecule has 4 nitrogen and oxygen atoms in total. The molecule has 3 rings (SSSR count). The van der Waals surface area contributed by atoms with Gasteiger partial charge in [-0.25, -0.2) is 0 Å². The third-order valence-electron chi connectivity index (χ3n) is 3.64. The molecule has 1 aromatic carbocycles. The molecule has 5 heteroatoms. The van der Waals surface area contributed by atoms with Gasteiger partial charge in [-0.1, -0.05) is 11.6 Å². The Morgan fingerprint density at radius 2 is 2.00 bits per heavy atom. The maximum atomic E-state index is 7.41. The molecule has 0 aromatic heterocycles. The Hall–Kier alpha value is -1.26. The van der Waals surface area contributed by atoms with Gasteiger partial charge in [0.25, 0.3) is 0 Å². The highest BCUT2D eigenvalue weighted by atomic mass is 35.5. The summed E-state index contributed by atoms with van der Waals surface area (Å²) >= 11 is 6.29. The molecule has 2 unspecified atom stereocenters. The van der Waals surface area contributed by atoms with E-state index in [-0.39, 0.29) is 5.84 Å². The molecule has 0 saturated carbocycles. The van der Waals surface area contributed by atoms with Crippen LogP contribution in [0.5, 0.6) is 0 Å². The van der Waals surface area contributed by atoms with Crippen LogP contribution in [0.25, 0.3) is 0 Å². The summed E-state index contributed by atoms with van der Waals surface area (Å²) in [5, 5.41) is 8.06. The van der Waals surface area contributed by atoms with Crippen LogP contribution in [0.15, 0.2) is 18.2 Å². The standard InChI is InChI=1S/C13H16ClN3O/c14-11-5-8(13(15)16)1-4-12(11)17-6-9-2-3-10(7-17)18-9/h1,4-5,9-10H,2-3,6-7H2,(H3,15,16). The van der Waals surface area contributed by atoms with Gasteiger partial charge in [-0.2, -0.15) is 0 Å². The number of hydrogen-bond donors (Lipinski definition) is 2. The molecule has 1 aromatic rings. The largest absolute Gasteiger partial charge is 0.384 e. The zero-order chi connectivity index (χ0) is 12.7. The van der Waals surface area contributed by atoms with Gasteiger partial charge in [0.2, 0.25) is 0 Å². The normalized spacial score (nSPS) is 26.4. The third-order valence-corrected chi connectivity index (χ3v) is 3.95. The summed E-state index contributed by atoms with van der Waals surface area (Å²) in [7, 11) is 0. The predicted octanol–water partition coefficient (Wildman–Crippen LogP) is 1.99. The summed E-state index contributed by atoms with van der Waals surface area (Å²) in [5.74, 6) is 0.0468. The van der Waals surface area contributed by atoms with Gasteiger partial charge in [-0.05, 0) is 31.0 Å². The fourth-order valence-electron chi connectivity index (χ4n) is 2.74. The molecule has 0 spiro atoms.